The lowest BCUT2D eigenvalue weighted by molar-refractivity contribution is -0.144. The van der Waals surface area contributed by atoms with Crippen LogP contribution >= 0.6 is 0 Å². The Bertz CT molecular complexity index is 2160. The molecule has 0 saturated carbocycles. The van der Waals surface area contributed by atoms with Crippen LogP contribution in [0.5, 0.6) is 0 Å². The molecule has 0 amide bonds. The smallest absolute Gasteiger partial charge is 0.292 e. The van der Waals surface area contributed by atoms with Crippen molar-refractivity contribution in [3.63, 3.8) is 0 Å². The van der Waals surface area contributed by atoms with E-state index in [0.29, 0.717) is 0 Å². The van der Waals surface area contributed by atoms with Crippen molar-refractivity contribution in [2.45, 2.75) is 70.2 Å². The highest BCUT2D eigenvalue weighted by Crippen LogP contribution is 2.41. The van der Waals surface area contributed by atoms with Crippen molar-refractivity contribution in [3.8, 4) is 0 Å². The maximum atomic E-state index is 14.2. The minimum absolute atomic E-state index is 0.691. The number of nitrogens with zero attached hydrogens (tertiary/aromatic N) is 1. The molecule has 0 aliphatic heterocycles. The van der Waals surface area contributed by atoms with E-state index in [1.54, 1.807) is 0 Å². The number of quaternary nitrogens is 1. The Morgan fingerprint density at radius 1 is 0.286 bits per heavy atom. The molecule has 5 aromatic rings. The van der Waals surface area contributed by atoms with Crippen molar-refractivity contribution in [1.29, 1.82) is 0 Å². The first kappa shape index (κ1) is 57.0. The van der Waals surface area contributed by atoms with Gasteiger partial charge in [-0.3, -0.25) is 4.48 Å². The summed E-state index contributed by atoms with van der Waals surface area (Å²) in [5, 5.41) is 0. The van der Waals surface area contributed by atoms with Gasteiger partial charge in [-0.15, -0.1) is 0 Å². The normalized spacial score (nSPS) is 13.8. The highest BCUT2D eigenvalue weighted by atomic mass is 19.4. The van der Waals surface area contributed by atoms with E-state index in [-0.39, 0.29) is 0 Å². The van der Waals surface area contributed by atoms with Gasteiger partial charge in [0.2, 0.25) is 0 Å². The van der Waals surface area contributed by atoms with E-state index in [2.05, 4.69) is 51.1 Å². The highest BCUT2D eigenvalue weighted by Gasteiger charge is 2.47. The Kier molecular flexibility index (Phi) is 15.7. The van der Waals surface area contributed by atoms with Crippen LogP contribution in [0.3, 0.4) is 0 Å². The second-order valence-corrected chi connectivity index (χ2v) is 15.7. The van der Waals surface area contributed by atoms with Crippen LogP contribution in [0.4, 0.5) is 111 Å². The SMILES string of the molecule is CC[N+](CC)(CC)c1ccccc1.FC(F)(F)c1cc([B-](c2cc(C(F)(F)F)cc(C(F)(F)F)c2)(c2cc(C(F)(F)F)cc(C(F)(F)F)c2)c2cc(C(F)(F)F)cc(C(F)(F)F)c2)cc(C(F)(F)F)c1. The maximum Gasteiger partial charge on any atom is 0.416 e. The Hall–Kier alpha value is -5.56. The summed E-state index contributed by atoms with van der Waals surface area (Å²) in [5.74, 6) is 0. The molecule has 0 saturated heterocycles. The summed E-state index contributed by atoms with van der Waals surface area (Å²) in [5.41, 5.74) is -28.8. The van der Waals surface area contributed by atoms with Crippen molar-refractivity contribution in [2.24, 2.45) is 0 Å². The molecule has 0 aliphatic carbocycles. The molecule has 0 atom stereocenters. The summed E-state index contributed by atoms with van der Waals surface area (Å²) >= 11 is 0. The molecule has 0 N–H and O–H groups in total. The van der Waals surface area contributed by atoms with Crippen LogP contribution in [-0.4, -0.2) is 25.8 Å². The topological polar surface area (TPSA) is 0 Å². The van der Waals surface area contributed by atoms with Gasteiger partial charge in [0.15, 0.2) is 0 Å². The fraction of sp³-hybridized carbons (Fsp3) is 0.318. The minimum Gasteiger partial charge on any atom is -0.292 e. The molecule has 0 radical (unpaired) electrons. The number of rotatable bonds is 8. The zero-order valence-electron chi connectivity index (χ0n) is 35.5. The Morgan fingerprint density at radius 2 is 0.457 bits per heavy atom. The van der Waals surface area contributed by atoms with E-state index in [1.807, 2.05) is 0 Å². The van der Waals surface area contributed by atoms with Crippen molar-refractivity contribution >= 4 is 33.7 Å². The van der Waals surface area contributed by atoms with E-state index in [9.17, 15) is 105 Å². The van der Waals surface area contributed by atoms with Gasteiger partial charge in [-0.1, -0.05) is 66.7 Å². The number of hydrogen-bond donors (Lipinski definition) is 0. The molecule has 0 heterocycles. The Morgan fingerprint density at radius 3 is 0.600 bits per heavy atom. The van der Waals surface area contributed by atoms with E-state index in [1.165, 1.54) is 25.3 Å². The average Bonchev–Trinajstić information content (AvgIpc) is 3.22. The number of hydrogen-bond acceptors (Lipinski definition) is 0. The molecule has 0 aromatic heterocycles. The molecule has 5 rings (SSSR count). The molecule has 70 heavy (non-hydrogen) atoms. The molecule has 0 unspecified atom stereocenters. The van der Waals surface area contributed by atoms with Gasteiger partial charge >= 0.3 is 49.4 Å². The first-order valence-electron chi connectivity index (χ1n) is 19.8. The van der Waals surface area contributed by atoms with Crippen LogP contribution in [0, 0.1) is 0 Å². The molecule has 1 nitrogen and oxygen atoms in total. The summed E-state index contributed by atoms with van der Waals surface area (Å²) in [6, 6.07) is 1.99. The second kappa shape index (κ2) is 19.2. The molecule has 26 heteroatoms. The van der Waals surface area contributed by atoms with Crippen LogP contribution in [0.2, 0.25) is 0 Å². The summed E-state index contributed by atoms with van der Waals surface area (Å²) in [4.78, 5) is 0. The second-order valence-electron chi connectivity index (χ2n) is 15.7. The number of para-hydroxylation sites is 1. The van der Waals surface area contributed by atoms with E-state index < -0.39 is 195 Å². The fourth-order valence-electron chi connectivity index (χ4n) is 8.03. The van der Waals surface area contributed by atoms with E-state index >= 15 is 0 Å². The molecule has 0 fully saturated rings. The number of alkyl halides is 24. The zero-order valence-corrected chi connectivity index (χ0v) is 35.5. The van der Waals surface area contributed by atoms with Crippen LogP contribution < -0.4 is 26.3 Å². The number of benzene rings is 5. The quantitative estimate of drug-likeness (QED) is 0.0825. The van der Waals surface area contributed by atoms with Gasteiger partial charge in [-0.05, 0) is 57.2 Å². The summed E-state index contributed by atoms with van der Waals surface area (Å²) < 4.78 is 342. The molecule has 384 valence electrons. The minimum atomic E-state index is -6.13. The van der Waals surface area contributed by atoms with E-state index in [0.717, 1.165) is 4.48 Å². The van der Waals surface area contributed by atoms with Crippen molar-refractivity contribution in [3.05, 3.63) is 148 Å². The molecular weight excluding hydrogens is 1010 g/mol. The monoisotopic (exact) mass is 1040 g/mol. The summed E-state index contributed by atoms with van der Waals surface area (Å²) in [7, 11) is 0. The van der Waals surface area contributed by atoms with E-state index in [4.69, 9.17) is 0 Å². The van der Waals surface area contributed by atoms with Crippen LogP contribution in [-0.2, 0) is 49.4 Å². The third kappa shape index (κ3) is 12.5. The van der Waals surface area contributed by atoms with Gasteiger partial charge in [-0.2, -0.15) is 127 Å². The molecule has 0 bridgehead atoms. The van der Waals surface area contributed by atoms with Crippen molar-refractivity contribution in [1.82, 2.24) is 4.48 Å². The highest BCUT2D eigenvalue weighted by molar-refractivity contribution is 7.20. The predicted molar refractivity (Wildman–Crippen MR) is 210 cm³/mol. The van der Waals surface area contributed by atoms with Gasteiger partial charge in [0.05, 0.1) is 64.1 Å². The Balaban J connectivity index is 0.000000707. The lowest BCUT2D eigenvalue weighted by Crippen LogP contribution is -2.75. The lowest BCUT2D eigenvalue weighted by atomic mass is 9.12. The number of halogens is 24. The summed E-state index contributed by atoms with van der Waals surface area (Å²) in [6.07, 6.45) is -54.8. The fourth-order valence-corrected chi connectivity index (χ4v) is 8.03. The summed E-state index contributed by atoms with van der Waals surface area (Å²) in [6.45, 7) is 10.3. The van der Waals surface area contributed by atoms with Crippen LogP contribution in [0.15, 0.2) is 103 Å². The molecular formula is C44H32BF24N. The Labute approximate surface area is 380 Å². The van der Waals surface area contributed by atoms with Gasteiger partial charge < -0.3 is 0 Å². The van der Waals surface area contributed by atoms with Gasteiger partial charge in [0.1, 0.15) is 11.8 Å². The standard InChI is InChI=1S/C32H12BF24.C12H20N/c34-25(35,36)13-1-14(26(37,38)39)6-21(5-13)33(22-7-15(27(40,41)42)2-16(8-22)28(43,44)45,23-9-17(29(46,47)48)3-18(10-23)30(49,50)51)24-11-19(31(52,53)54)4-20(12-24)32(55,56)57;1-4-13(5-2,6-3)12-10-8-7-9-11-12/h1-12H;7-11H,4-6H2,1-3H3/q-1;+1. The predicted octanol–water partition coefficient (Wildman–Crippen LogP) is 14.3. The van der Waals surface area contributed by atoms with Crippen LogP contribution in [0.25, 0.3) is 0 Å². The molecule has 0 spiro atoms. The zero-order chi connectivity index (χ0) is 53.6. The average molecular weight is 1040 g/mol. The lowest BCUT2D eigenvalue weighted by Gasteiger charge is -2.46. The first-order valence-corrected chi connectivity index (χ1v) is 19.8. The third-order valence-electron chi connectivity index (χ3n) is 11.6. The molecule has 0 aliphatic rings. The third-order valence-corrected chi connectivity index (χ3v) is 11.6. The van der Waals surface area contributed by atoms with Gasteiger partial charge in [0, 0.05) is 0 Å². The van der Waals surface area contributed by atoms with Crippen molar-refractivity contribution in [2.75, 3.05) is 19.6 Å². The molecule has 5 aromatic carbocycles. The van der Waals surface area contributed by atoms with Gasteiger partial charge in [-0.25, -0.2) is 0 Å². The largest absolute Gasteiger partial charge is 0.416 e. The van der Waals surface area contributed by atoms with Crippen LogP contribution in [0.1, 0.15) is 65.3 Å². The van der Waals surface area contributed by atoms with Gasteiger partial charge in [0.25, 0.3) is 0 Å². The van der Waals surface area contributed by atoms with Crippen molar-refractivity contribution < 1.29 is 105 Å². The maximum absolute atomic E-state index is 14.2. The first-order chi connectivity index (χ1) is 31.5.